The lowest BCUT2D eigenvalue weighted by Gasteiger charge is -2.18. The molecule has 0 saturated heterocycles. The van der Waals surface area contributed by atoms with Gasteiger partial charge in [-0.3, -0.25) is 0 Å². The van der Waals surface area contributed by atoms with Gasteiger partial charge in [-0.15, -0.1) is 0 Å². The lowest BCUT2D eigenvalue weighted by Crippen LogP contribution is -2.38. The van der Waals surface area contributed by atoms with E-state index in [4.69, 9.17) is 9.47 Å². The minimum Gasteiger partial charge on any atom is -0.489 e. The summed E-state index contributed by atoms with van der Waals surface area (Å²) in [6.45, 7) is 5.96. The molecule has 23 heavy (non-hydrogen) atoms. The third-order valence-corrected chi connectivity index (χ3v) is 2.81. The summed E-state index contributed by atoms with van der Waals surface area (Å²) in [5.41, 5.74) is 0.715. The number of nitrogens with one attached hydrogen (secondary N) is 2. The Balaban J connectivity index is 2.95. The molecule has 0 aromatic heterocycles. The maximum absolute atomic E-state index is 12.0. The van der Waals surface area contributed by atoms with Gasteiger partial charge in [0.25, 0.3) is 0 Å². The Labute approximate surface area is 136 Å². The van der Waals surface area contributed by atoms with E-state index < -0.39 is 12.0 Å². The summed E-state index contributed by atoms with van der Waals surface area (Å²) >= 11 is 0. The average molecular weight is 324 g/mol. The Morgan fingerprint density at radius 1 is 1.17 bits per heavy atom. The van der Waals surface area contributed by atoms with Crippen molar-refractivity contribution in [1.29, 1.82) is 0 Å². The summed E-state index contributed by atoms with van der Waals surface area (Å²) in [6, 6.07) is 4.16. The van der Waals surface area contributed by atoms with E-state index >= 15 is 0 Å². The molecule has 0 heterocycles. The average Bonchev–Trinajstić information content (AvgIpc) is 2.47. The Morgan fingerprint density at radius 3 is 2.43 bits per heavy atom. The van der Waals surface area contributed by atoms with Crippen molar-refractivity contribution < 1.29 is 23.8 Å². The second kappa shape index (κ2) is 8.99. The largest absolute Gasteiger partial charge is 0.489 e. The Kier molecular flexibility index (Phi) is 7.34. The molecule has 0 aliphatic carbocycles. The zero-order chi connectivity index (χ0) is 17.4. The highest BCUT2D eigenvalue weighted by Gasteiger charge is 2.15. The quantitative estimate of drug-likeness (QED) is 0.752. The van der Waals surface area contributed by atoms with Crippen LogP contribution in [0.2, 0.25) is 0 Å². The van der Waals surface area contributed by atoms with Crippen molar-refractivity contribution in [2.75, 3.05) is 26.1 Å². The number of rotatable bonds is 7. The maximum Gasteiger partial charge on any atom is 0.337 e. The van der Waals surface area contributed by atoms with Crippen LogP contribution in [-0.2, 0) is 9.47 Å². The number of benzene rings is 1. The van der Waals surface area contributed by atoms with E-state index in [0.717, 1.165) is 0 Å². The molecule has 0 radical (unpaired) electrons. The minimum absolute atomic E-state index is 0.0741. The predicted octanol–water partition coefficient (Wildman–Crippen LogP) is 2.42. The van der Waals surface area contributed by atoms with Crippen molar-refractivity contribution in [3.05, 3.63) is 23.8 Å². The fourth-order valence-corrected chi connectivity index (χ4v) is 1.90. The highest BCUT2D eigenvalue weighted by atomic mass is 16.5. The molecule has 7 nitrogen and oxygen atoms in total. The van der Waals surface area contributed by atoms with Crippen molar-refractivity contribution in [2.45, 2.75) is 32.9 Å². The van der Waals surface area contributed by atoms with Crippen molar-refractivity contribution in [1.82, 2.24) is 5.32 Å². The molecule has 0 bridgehead atoms. The Bertz CT molecular complexity index is 545. The van der Waals surface area contributed by atoms with Crippen LogP contribution in [0.1, 0.15) is 31.1 Å². The van der Waals surface area contributed by atoms with Gasteiger partial charge in [-0.1, -0.05) is 0 Å². The molecule has 7 heteroatoms. The van der Waals surface area contributed by atoms with E-state index in [9.17, 15) is 9.59 Å². The lowest BCUT2D eigenvalue weighted by atomic mass is 10.2. The summed E-state index contributed by atoms with van der Waals surface area (Å²) in [5.74, 6) is -0.0143. The molecule has 0 aliphatic rings. The molecule has 1 unspecified atom stereocenters. The number of esters is 1. The van der Waals surface area contributed by atoms with Gasteiger partial charge in [-0.25, -0.2) is 9.59 Å². The number of carbonyl (C=O) groups is 2. The van der Waals surface area contributed by atoms with Crippen molar-refractivity contribution in [3.8, 4) is 5.75 Å². The molecule has 0 saturated carbocycles. The van der Waals surface area contributed by atoms with Gasteiger partial charge in [0.2, 0.25) is 0 Å². The zero-order valence-electron chi connectivity index (χ0n) is 14.1. The minimum atomic E-state index is -0.489. The van der Waals surface area contributed by atoms with Gasteiger partial charge in [0.15, 0.2) is 0 Å². The fourth-order valence-electron chi connectivity index (χ4n) is 1.90. The number of amides is 2. The highest BCUT2D eigenvalue weighted by Crippen LogP contribution is 2.27. The number of urea groups is 1. The van der Waals surface area contributed by atoms with Crippen LogP contribution >= 0.6 is 0 Å². The van der Waals surface area contributed by atoms with Crippen molar-refractivity contribution in [2.24, 2.45) is 0 Å². The van der Waals surface area contributed by atoms with Gasteiger partial charge >= 0.3 is 12.0 Å². The predicted molar refractivity (Wildman–Crippen MR) is 87.0 cm³/mol. The third kappa shape index (κ3) is 6.15. The summed E-state index contributed by atoms with van der Waals surface area (Å²) in [7, 11) is 2.86. The molecular formula is C16H24N2O5. The van der Waals surface area contributed by atoms with Crippen LogP contribution in [0.4, 0.5) is 10.5 Å². The molecule has 1 rings (SSSR count). The second-order valence-electron chi connectivity index (χ2n) is 5.32. The van der Waals surface area contributed by atoms with E-state index in [2.05, 4.69) is 15.4 Å². The van der Waals surface area contributed by atoms with E-state index in [0.29, 0.717) is 23.6 Å². The molecule has 128 valence electrons. The zero-order valence-corrected chi connectivity index (χ0v) is 14.1. The summed E-state index contributed by atoms with van der Waals surface area (Å²) < 4.78 is 15.3. The molecule has 1 atom stereocenters. The molecule has 1 aromatic carbocycles. The smallest absolute Gasteiger partial charge is 0.337 e. The maximum atomic E-state index is 12.0. The van der Waals surface area contributed by atoms with E-state index in [1.807, 2.05) is 20.8 Å². The van der Waals surface area contributed by atoms with Gasteiger partial charge in [-0.05, 0) is 39.0 Å². The first-order chi connectivity index (χ1) is 10.9. The van der Waals surface area contributed by atoms with Gasteiger partial charge in [-0.2, -0.15) is 0 Å². The van der Waals surface area contributed by atoms with Crippen LogP contribution in [0.3, 0.4) is 0 Å². The van der Waals surface area contributed by atoms with Crippen LogP contribution < -0.4 is 15.4 Å². The number of carbonyl (C=O) groups excluding carboxylic acids is 2. The third-order valence-electron chi connectivity index (χ3n) is 2.81. The van der Waals surface area contributed by atoms with E-state index in [1.54, 1.807) is 19.2 Å². The first-order valence-electron chi connectivity index (χ1n) is 7.32. The number of anilines is 1. The molecule has 2 N–H and O–H groups in total. The van der Waals surface area contributed by atoms with Crippen LogP contribution in [0.25, 0.3) is 0 Å². The second-order valence-corrected chi connectivity index (χ2v) is 5.32. The number of hydrogen-bond acceptors (Lipinski definition) is 5. The molecule has 0 aliphatic heterocycles. The molecular weight excluding hydrogens is 300 g/mol. The molecule has 2 amide bonds. The monoisotopic (exact) mass is 324 g/mol. The standard InChI is InChI=1S/C16H24N2O5/c1-10(2)23-14-7-6-12(15(19)22-5)8-13(14)18-16(20)17-11(3)9-21-4/h6-8,10-11H,9H2,1-5H3,(H2,17,18,20). The first kappa shape index (κ1) is 18.8. The number of methoxy groups -OCH3 is 2. The number of hydrogen-bond donors (Lipinski definition) is 2. The summed E-state index contributed by atoms with van der Waals surface area (Å²) in [4.78, 5) is 23.7. The molecule has 0 spiro atoms. The van der Waals surface area contributed by atoms with E-state index in [1.165, 1.54) is 13.2 Å². The van der Waals surface area contributed by atoms with Gasteiger partial charge in [0.1, 0.15) is 5.75 Å². The van der Waals surface area contributed by atoms with Gasteiger partial charge < -0.3 is 24.8 Å². The van der Waals surface area contributed by atoms with E-state index in [-0.39, 0.29) is 12.1 Å². The van der Waals surface area contributed by atoms with Gasteiger partial charge in [0.05, 0.1) is 37.1 Å². The highest BCUT2D eigenvalue weighted by molar-refractivity contribution is 5.95. The fraction of sp³-hybridized carbons (Fsp3) is 0.500. The first-order valence-corrected chi connectivity index (χ1v) is 7.32. The number of ether oxygens (including phenoxy) is 3. The van der Waals surface area contributed by atoms with Crippen LogP contribution in [0.5, 0.6) is 5.75 Å². The Hall–Kier alpha value is -2.28. The van der Waals surface area contributed by atoms with Crippen molar-refractivity contribution in [3.63, 3.8) is 0 Å². The molecule has 0 fully saturated rings. The Morgan fingerprint density at radius 2 is 1.87 bits per heavy atom. The lowest BCUT2D eigenvalue weighted by molar-refractivity contribution is 0.0600. The van der Waals surface area contributed by atoms with Crippen molar-refractivity contribution >= 4 is 17.7 Å². The SMILES string of the molecule is COCC(C)NC(=O)Nc1cc(C(=O)OC)ccc1OC(C)C. The normalized spacial score (nSPS) is 11.7. The van der Waals surface area contributed by atoms with Crippen LogP contribution in [0, 0.1) is 0 Å². The van der Waals surface area contributed by atoms with Gasteiger partial charge in [0, 0.05) is 7.11 Å². The van der Waals surface area contributed by atoms with Crippen LogP contribution in [0.15, 0.2) is 18.2 Å². The topological polar surface area (TPSA) is 85.9 Å². The van der Waals surface area contributed by atoms with Crippen LogP contribution in [-0.4, -0.2) is 45.0 Å². The molecule has 1 aromatic rings. The summed E-state index contributed by atoms with van der Waals surface area (Å²) in [5, 5.41) is 5.41. The summed E-state index contributed by atoms with van der Waals surface area (Å²) in [6.07, 6.45) is -0.0741.